The van der Waals surface area contributed by atoms with Crippen molar-refractivity contribution in [1.29, 1.82) is 0 Å². The van der Waals surface area contributed by atoms with Crippen LogP contribution in [0, 0.1) is 0 Å². The number of carbonyl (C=O) groups excluding carboxylic acids is 1. The highest BCUT2D eigenvalue weighted by molar-refractivity contribution is 5.90. The van der Waals surface area contributed by atoms with Crippen molar-refractivity contribution in [3.05, 3.63) is 17.5 Å². The molecule has 0 spiro atoms. The van der Waals surface area contributed by atoms with E-state index in [2.05, 4.69) is 16.9 Å². The maximum Gasteiger partial charge on any atom is 0.341 e. The van der Waals surface area contributed by atoms with Crippen LogP contribution in [0.15, 0.2) is 6.20 Å². The van der Waals surface area contributed by atoms with E-state index in [1.807, 2.05) is 7.05 Å². The van der Waals surface area contributed by atoms with Crippen molar-refractivity contribution in [3.63, 3.8) is 0 Å². The summed E-state index contributed by atoms with van der Waals surface area (Å²) < 4.78 is 6.61. The van der Waals surface area contributed by atoms with Crippen molar-refractivity contribution in [2.75, 3.05) is 13.7 Å². The average molecular weight is 265 g/mol. The SMILES string of the molecule is CC[C@H]1CCCCN1Cc1c(C(=O)OC)cnn1C. The lowest BCUT2D eigenvalue weighted by atomic mass is 9.99. The molecule has 2 rings (SSSR count). The lowest BCUT2D eigenvalue weighted by Crippen LogP contribution is -2.39. The Morgan fingerprint density at radius 2 is 2.32 bits per heavy atom. The maximum atomic E-state index is 11.7. The summed E-state index contributed by atoms with van der Waals surface area (Å²) in [7, 11) is 3.29. The predicted molar refractivity (Wildman–Crippen MR) is 72.9 cm³/mol. The van der Waals surface area contributed by atoms with E-state index in [1.54, 1.807) is 10.9 Å². The highest BCUT2D eigenvalue weighted by Crippen LogP contribution is 2.22. The first-order chi connectivity index (χ1) is 9.17. The van der Waals surface area contributed by atoms with E-state index in [0.29, 0.717) is 11.6 Å². The highest BCUT2D eigenvalue weighted by Gasteiger charge is 2.24. The number of methoxy groups -OCH3 is 1. The molecule has 2 heterocycles. The lowest BCUT2D eigenvalue weighted by molar-refractivity contribution is 0.0595. The second-order valence-electron chi connectivity index (χ2n) is 5.15. The molecular weight excluding hydrogens is 242 g/mol. The third-order valence-corrected chi connectivity index (χ3v) is 4.04. The second-order valence-corrected chi connectivity index (χ2v) is 5.15. The molecule has 5 heteroatoms. The molecule has 1 aromatic rings. The van der Waals surface area contributed by atoms with Crippen molar-refractivity contribution < 1.29 is 9.53 Å². The molecule has 0 aromatic carbocycles. The largest absolute Gasteiger partial charge is 0.465 e. The molecule has 1 aliphatic rings. The van der Waals surface area contributed by atoms with Gasteiger partial charge in [-0.1, -0.05) is 13.3 Å². The summed E-state index contributed by atoms with van der Waals surface area (Å²) in [5.74, 6) is -0.298. The van der Waals surface area contributed by atoms with Gasteiger partial charge in [0.2, 0.25) is 0 Å². The maximum absolute atomic E-state index is 11.7. The standard InChI is InChI=1S/C14H23N3O2/c1-4-11-7-5-6-8-17(11)10-13-12(14(18)19-3)9-15-16(13)2/h9,11H,4-8,10H2,1-3H3/t11-/m0/s1. The molecular formula is C14H23N3O2. The van der Waals surface area contributed by atoms with Crippen LogP contribution in [0.1, 0.15) is 48.7 Å². The first-order valence-corrected chi connectivity index (χ1v) is 7.00. The monoisotopic (exact) mass is 265 g/mol. The zero-order valence-corrected chi connectivity index (χ0v) is 12.1. The molecule has 1 atom stereocenters. The van der Waals surface area contributed by atoms with E-state index in [-0.39, 0.29) is 5.97 Å². The molecule has 0 N–H and O–H groups in total. The summed E-state index contributed by atoms with van der Waals surface area (Å²) in [6.45, 7) is 4.11. The Morgan fingerprint density at radius 1 is 1.53 bits per heavy atom. The van der Waals surface area contributed by atoms with Gasteiger partial charge in [-0.05, 0) is 25.8 Å². The molecule has 19 heavy (non-hydrogen) atoms. The molecule has 1 aliphatic heterocycles. The minimum atomic E-state index is -0.298. The molecule has 0 unspecified atom stereocenters. The lowest BCUT2D eigenvalue weighted by Gasteiger charge is -2.35. The molecule has 1 saturated heterocycles. The number of aryl methyl sites for hydroxylation is 1. The Bertz CT molecular complexity index is 442. The number of aromatic nitrogens is 2. The quantitative estimate of drug-likeness (QED) is 0.781. The van der Waals surface area contributed by atoms with E-state index in [4.69, 9.17) is 4.74 Å². The van der Waals surface area contributed by atoms with Crippen LogP contribution in [0.25, 0.3) is 0 Å². The number of carbonyl (C=O) groups is 1. The molecule has 1 fully saturated rings. The minimum absolute atomic E-state index is 0.298. The summed E-state index contributed by atoms with van der Waals surface area (Å²) in [4.78, 5) is 14.2. The summed E-state index contributed by atoms with van der Waals surface area (Å²) >= 11 is 0. The van der Waals surface area contributed by atoms with E-state index < -0.39 is 0 Å². The van der Waals surface area contributed by atoms with Gasteiger partial charge in [0.15, 0.2) is 0 Å². The molecule has 106 valence electrons. The van der Waals surface area contributed by atoms with Crippen molar-refractivity contribution in [2.24, 2.45) is 7.05 Å². The van der Waals surface area contributed by atoms with Gasteiger partial charge in [-0.25, -0.2) is 4.79 Å². The number of nitrogens with zero attached hydrogens (tertiary/aromatic N) is 3. The van der Waals surface area contributed by atoms with E-state index in [1.165, 1.54) is 26.4 Å². The van der Waals surface area contributed by atoms with Gasteiger partial charge < -0.3 is 4.74 Å². The summed E-state index contributed by atoms with van der Waals surface area (Å²) in [6.07, 6.45) is 6.56. The Hall–Kier alpha value is -1.36. The minimum Gasteiger partial charge on any atom is -0.465 e. The van der Waals surface area contributed by atoms with Crippen molar-refractivity contribution in [3.8, 4) is 0 Å². The number of likely N-dealkylation sites (tertiary alicyclic amines) is 1. The molecule has 5 nitrogen and oxygen atoms in total. The molecule has 0 saturated carbocycles. The number of hydrogen-bond donors (Lipinski definition) is 0. The van der Waals surface area contributed by atoms with Crippen LogP contribution in [0.4, 0.5) is 0 Å². The Balaban J connectivity index is 2.17. The smallest absolute Gasteiger partial charge is 0.341 e. The van der Waals surface area contributed by atoms with Gasteiger partial charge in [-0.3, -0.25) is 9.58 Å². The third kappa shape index (κ3) is 2.97. The van der Waals surface area contributed by atoms with E-state index in [9.17, 15) is 4.79 Å². The van der Waals surface area contributed by atoms with Gasteiger partial charge in [0.1, 0.15) is 5.56 Å². The fourth-order valence-electron chi connectivity index (χ4n) is 2.85. The fraction of sp³-hybridized carbons (Fsp3) is 0.714. The normalized spacial score (nSPS) is 20.5. The Morgan fingerprint density at radius 3 is 3.00 bits per heavy atom. The van der Waals surface area contributed by atoms with Gasteiger partial charge in [-0.15, -0.1) is 0 Å². The van der Waals surface area contributed by atoms with Gasteiger partial charge in [0.25, 0.3) is 0 Å². The summed E-state index contributed by atoms with van der Waals surface area (Å²) in [5.41, 5.74) is 1.54. The van der Waals surface area contributed by atoms with Crippen molar-refractivity contribution in [1.82, 2.24) is 14.7 Å². The highest BCUT2D eigenvalue weighted by atomic mass is 16.5. The number of esters is 1. The zero-order valence-electron chi connectivity index (χ0n) is 12.1. The number of hydrogen-bond acceptors (Lipinski definition) is 4. The Labute approximate surface area is 114 Å². The van der Waals surface area contributed by atoms with Gasteiger partial charge in [0, 0.05) is 19.6 Å². The van der Waals surface area contributed by atoms with Crippen molar-refractivity contribution >= 4 is 5.97 Å². The van der Waals surface area contributed by atoms with E-state index >= 15 is 0 Å². The van der Waals surface area contributed by atoms with Crippen LogP contribution >= 0.6 is 0 Å². The number of rotatable bonds is 4. The topological polar surface area (TPSA) is 47.4 Å². The van der Waals surface area contributed by atoms with Crippen LogP contribution in [0.3, 0.4) is 0 Å². The predicted octanol–water partition coefficient (Wildman–Crippen LogP) is 1.97. The number of piperidine rings is 1. The first-order valence-electron chi connectivity index (χ1n) is 7.00. The van der Waals surface area contributed by atoms with Crippen LogP contribution in [-0.4, -0.2) is 40.3 Å². The molecule has 0 bridgehead atoms. The molecule has 0 radical (unpaired) electrons. The van der Waals surface area contributed by atoms with Crippen LogP contribution in [0.5, 0.6) is 0 Å². The van der Waals surface area contributed by atoms with Crippen LogP contribution in [-0.2, 0) is 18.3 Å². The first kappa shape index (κ1) is 14.1. The summed E-state index contributed by atoms with van der Waals surface area (Å²) in [5, 5.41) is 4.19. The fourth-order valence-corrected chi connectivity index (χ4v) is 2.85. The average Bonchev–Trinajstić information content (AvgIpc) is 2.80. The molecule has 1 aromatic heterocycles. The second kappa shape index (κ2) is 6.19. The number of ether oxygens (including phenoxy) is 1. The van der Waals surface area contributed by atoms with E-state index in [0.717, 1.165) is 25.2 Å². The summed E-state index contributed by atoms with van der Waals surface area (Å²) in [6, 6.07) is 0.620. The zero-order chi connectivity index (χ0) is 13.8. The van der Waals surface area contributed by atoms with Gasteiger partial charge in [0.05, 0.1) is 19.0 Å². The van der Waals surface area contributed by atoms with Crippen LogP contribution in [0.2, 0.25) is 0 Å². The third-order valence-electron chi connectivity index (χ3n) is 4.04. The Kier molecular flexibility index (Phi) is 4.58. The van der Waals surface area contributed by atoms with Gasteiger partial charge >= 0.3 is 5.97 Å². The van der Waals surface area contributed by atoms with Gasteiger partial charge in [-0.2, -0.15) is 5.10 Å². The molecule has 0 amide bonds. The molecule has 0 aliphatic carbocycles. The van der Waals surface area contributed by atoms with Crippen LogP contribution < -0.4 is 0 Å². The van der Waals surface area contributed by atoms with Crippen molar-refractivity contribution in [2.45, 2.75) is 45.2 Å².